The number of nitrogens with one attached hydrogen (secondary N) is 2. The Bertz CT molecular complexity index is 444. The second-order valence-corrected chi connectivity index (χ2v) is 5.70. The van der Waals surface area contributed by atoms with Gasteiger partial charge in [0.05, 0.1) is 5.69 Å². The molecule has 0 aromatic carbocycles. The van der Waals surface area contributed by atoms with Gasteiger partial charge in [-0.3, -0.25) is 4.79 Å². The highest BCUT2D eigenvalue weighted by atomic mass is 16.1. The van der Waals surface area contributed by atoms with Crippen LogP contribution in [0.25, 0.3) is 0 Å². The highest BCUT2D eigenvalue weighted by Gasteiger charge is 2.20. The summed E-state index contributed by atoms with van der Waals surface area (Å²) in [6.07, 6.45) is 9.49. The number of hydrogen-bond acceptors (Lipinski definition) is 4. The molecule has 5 nitrogen and oxygen atoms in total. The summed E-state index contributed by atoms with van der Waals surface area (Å²) in [7, 11) is 0. The van der Waals surface area contributed by atoms with E-state index in [1.54, 1.807) is 6.20 Å². The first-order valence-electron chi connectivity index (χ1n) is 7.99. The highest BCUT2D eigenvalue weighted by molar-refractivity contribution is 5.78. The van der Waals surface area contributed by atoms with E-state index in [9.17, 15) is 4.79 Å². The summed E-state index contributed by atoms with van der Waals surface area (Å²) < 4.78 is 0. The maximum atomic E-state index is 11.9. The van der Waals surface area contributed by atoms with Crippen molar-refractivity contribution >= 4 is 17.4 Å². The molecule has 0 saturated heterocycles. The van der Waals surface area contributed by atoms with Crippen molar-refractivity contribution in [1.29, 1.82) is 0 Å². The minimum absolute atomic E-state index is 0.247. The van der Waals surface area contributed by atoms with E-state index < -0.39 is 0 Å². The number of pyridine rings is 1. The SMILES string of the molecule is Nc1cccnc1NCCCCNC(=O)C1CCCCC1. The molecule has 1 aromatic rings. The van der Waals surface area contributed by atoms with E-state index in [0.29, 0.717) is 5.69 Å². The van der Waals surface area contributed by atoms with Crippen molar-refractivity contribution in [3.05, 3.63) is 18.3 Å². The summed E-state index contributed by atoms with van der Waals surface area (Å²) in [6, 6.07) is 3.65. The van der Waals surface area contributed by atoms with Gasteiger partial charge < -0.3 is 16.4 Å². The van der Waals surface area contributed by atoms with Crippen LogP contribution in [0.5, 0.6) is 0 Å². The standard InChI is InChI=1S/C16H26N4O/c17-14-9-6-12-19-15(14)18-10-4-5-11-20-16(21)13-7-2-1-3-8-13/h6,9,12-13H,1-5,7-8,10-11,17H2,(H,18,19)(H,20,21). The van der Waals surface area contributed by atoms with Crippen molar-refractivity contribution in [1.82, 2.24) is 10.3 Å². The lowest BCUT2D eigenvalue weighted by atomic mass is 9.89. The molecule has 4 N–H and O–H groups in total. The number of rotatable bonds is 7. The zero-order chi connectivity index (χ0) is 14.9. The van der Waals surface area contributed by atoms with Gasteiger partial charge in [0, 0.05) is 25.2 Å². The minimum atomic E-state index is 0.247. The summed E-state index contributed by atoms with van der Waals surface area (Å²) in [5.41, 5.74) is 6.47. The summed E-state index contributed by atoms with van der Waals surface area (Å²) in [4.78, 5) is 16.1. The van der Waals surface area contributed by atoms with Crippen molar-refractivity contribution in [2.45, 2.75) is 44.9 Å². The second-order valence-electron chi connectivity index (χ2n) is 5.70. The molecule has 0 spiro atoms. The van der Waals surface area contributed by atoms with Gasteiger partial charge in [-0.1, -0.05) is 19.3 Å². The topological polar surface area (TPSA) is 80.0 Å². The van der Waals surface area contributed by atoms with Crippen molar-refractivity contribution in [3.63, 3.8) is 0 Å². The Morgan fingerprint density at radius 3 is 2.76 bits per heavy atom. The molecule has 116 valence electrons. The molecule has 0 unspecified atom stereocenters. The fourth-order valence-corrected chi connectivity index (χ4v) is 2.74. The van der Waals surface area contributed by atoms with Gasteiger partial charge in [-0.15, -0.1) is 0 Å². The van der Waals surface area contributed by atoms with Gasteiger partial charge in [-0.05, 0) is 37.8 Å². The molecule has 1 fully saturated rings. The quantitative estimate of drug-likeness (QED) is 0.674. The van der Waals surface area contributed by atoms with E-state index >= 15 is 0 Å². The average Bonchev–Trinajstić information content (AvgIpc) is 2.53. The number of anilines is 2. The molecule has 2 rings (SSSR count). The molecule has 1 aliphatic carbocycles. The van der Waals surface area contributed by atoms with Crippen LogP contribution in [-0.2, 0) is 4.79 Å². The van der Waals surface area contributed by atoms with Crippen LogP contribution in [0.3, 0.4) is 0 Å². The Hall–Kier alpha value is -1.78. The first-order valence-corrected chi connectivity index (χ1v) is 7.99. The lowest BCUT2D eigenvalue weighted by molar-refractivity contribution is -0.125. The van der Waals surface area contributed by atoms with Crippen LogP contribution < -0.4 is 16.4 Å². The van der Waals surface area contributed by atoms with Crippen LogP contribution >= 0.6 is 0 Å². The van der Waals surface area contributed by atoms with Gasteiger partial charge in [-0.2, -0.15) is 0 Å². The highest BCUT2D eigenvalue weighted by Crippen LogP contribution is 2.23. The zero-order valence-corrected chi connectivity index (χ0v) is 12.6. The maximum Gasteiger partial charge on any atom is 0.223 e. The fraction of sp³-hybridized carbons (Fsp3) is 0.625. The number of unbranched alkanes of at least 4 members (excludes halogenated alkanes) is 1. The Balaban J connectivity index is 1.54. The van der Waals surface area contributed by atoms with Gasteiger partial charge in [0.2, 0.25) is 5.91 Å². The second kappa shape index (κ2) is 8.49. The van der Waals surface area contributed by atoms with E-state index in [0.717, 1.165) is 44.6 Å². The monoisotopic (exact) mass is 290 g/mol. The molecule has 1 aliphatic rings. The number of hydrogen-bond donors (Lipinski definition) is 3. The number of aromatic nitrogens is 1. The Morgan fingerprint density at radius 2 is 2.00 bits per heavy atom. The smallest absolute Gasteiger partial charge is 0.223 e. The van der Waals surface area contributed by atoms with Gasteiger partial charge in [0.15, 0.2) is 0 Å². The van der Waals surface area contributed by atoms with E-state index in [2.05, 4.69) is 15.6 Å². The first kappa shape index (κ1) is 15.6. The van der Waals surface area contributed by atoms with Crippen molar-refractivity contribution in [3.8, 4) is 0 Å². The Morgan fingerprint density at radius 1 is 1.24 bits per heavy atom. The van der Waals surface area contributed by atoms with Crippen LogP contribution in [0, 0.1) is 5.92 Å². The van der Waals surface area contributed by atoms with Crippen molar-refractivity contribution in [2.24, 2.45) is 5.92 Å². The Labute approximate surface area is 126 Å². The van der Waals surface area contributed by atoms with Crippen LogP contribution in [0.4, 0.5) is 11.5 Å². The Kier molecular flexibility index (Phi) is 6.31. The number of amides is 1. The summed E-state index contributed by atoms with van der Waals surface area (Å²) in [6.45, 7) is 1.58. The molecule has 1 heterocycles. The van der Waals surface area contributed by atoms with E-state index in [1.807, 2.05) is 12.1 Å². The van der Waals surface area contributed by atoms with E-state index in [1.165, 1.54) is 19.3 Å². The number of nitrogens with zero attached hydrogens (tertiary/aromatic N) is 1. The largest absolute Gasteiger partial charge is 0.396 e. The summed E-state index contributed by atoms with van der Waals surface area (Å²) in [5, 5.41) is 6.27. The van der Waals surface area contributed by atoms with Crippen LogP contribution in [-0.4, -0.2) is 24.0 Å². The molecule has 1 aromatic heterocycles. The molecule has 0 atom stereocenters. The molecule has 1 amide bonds. The third-order valence-electron chi connectivity index (χ3n) is 4.01. The fourth-order valence-electron chi connectivity index (χ4n) is 2.74. The lowest BCUT2D eigenvalue weighted by Gasteiger charge is -2.20. The van der Waals surface area contributed by atoms with Gasteiger partial charge in [-0.25, -0.2) is 4.98 Å². The number of carbonyl (C=O) groups is 1. The number of carbonyl (C=O) groups excluding carboxylic acids is 1. The minimum Gasteiger partial charge on any atom is -0.396 e. The van der Waals surface area contributed by atoms with Gasteiger partial charge in [0.25, 0.3) is 0 Å². The first-order chi connectivity index (χ1) is 10.3. The van der Waals surface area contributed by atoms with Gasteiger partial charge >= 0.3 is 0 Å². The van der Waals surface area contributed by atoms with Crippen molar-refractivity contribution < 1.29 is 4.79 Å². The summed E-state index contributed by atoms with van der Waals surface area (Å²) in [5.74, 6) is 1.24. The zero-order valence-electron chi connectivity index (χ0n) is 12.6. The third kappa shape index (κ3) is 5.25. The molecule has 0 aliphatic heterocycles. The molecule has 21 heavy (non-hydrogen) atoms. The molecular formula is C16H26N4O. The molecule has 0 radical (unpaired) electrons. The molecule has 1 saturated carbocycles. The van der Waals surface area contributed by atoms with E-state index in [4.69, 9.17) is 5.73 Å². The molecule has 5 heteroatoms. The normalized spacial score (nSPS) is 15.6. The maximum absolute atomic E-state index is 11.9. The number of nitrogens with two attached hydrogens (primary N) is 1. The van der Waals surface area contributed by atoms with Crippen LogP contribution in [0.15, 0.2) is 18.3 Å². The van der Waals surface area contributed by atoms with Gasteiger partial charge in [0.1, 0.15) is 5.82 Å². The van der Waals surface area contributed by atoms with Crippen molar-refractivity contribution in [2.75, 3.05) is 24.1 Å². The van der Waals surface area contributed by atoms with E-state index in [-0.39, 0.29) is 11.8 Å². The molecular weight excluding hydrogens is 264 g/mol. The molecule has 0 bridgehead atoms. The summed E-state index contributed by atoms with van der Waals surface area (Å²) >= 11 is 0. The van der Waals surface area contributed by atoms with Crippen LogP contribution in [0.1, 0.15) is 44.9 Å². The van der Waals surface area contributed by atoms with Crippen LogP contribution in [0.2, 0.25) is 0 Å². The predicted molar refractivity (Wildman–Crippen MR) is 86.0 cm³/mol. The third-order valence-corrected chi connectivity index (χ3v) is 4.01. The number of nitrogen functional groups attached to an aromatic ring is 1. The lowest BCUT2D eigenvalue weighted by Crippen LogP contribution is -2.32. The predicted octanol–water partition coefficient (Wildman–Crippen LogP) is 2.55. The average molecular weight is 290 g/mol.